The highest BCUT2D eigenvalue weighted by atomic mass is 16.5. The van der Waals surface area contributed by atoms with Gasteiger partial charge in [0.25, 0.3) is 0 Å². The van der Waals surface area contributed by atoms with Gasteiger partial charge < -0.3 is 9.15 Å². The van der Waals surface area contributed by atoms with E-state index in [1.807, 2.05) is 31.2 Å². The molecule has 20 heavy (non-hydrogen) atoms. The summed E-state index contributed by atoms with van der Waals surface area (Å²) in [5, 5.41) is 3.81. The van der Waals surface area contributed by atoms with Crippen molar-refractivity contribution in [3.63, 3.8) is 0 Å². The minimum absolute atomic E-state index is 0.183. The fourth-order valence-corrected chi connectivity index (χ4v) is 1.63. The zero-order valence-electron chi connectivity index (χ0n) is 11.2. The molecule has 2 rings (SSSR count). The molecule has 0 unspecified atom stereocenters. The summed E-state index contributed by atoms with van der Waals surface area (Å²) in [6.07, 6.45) is 3.26. The van der Waals surface area contributed by atoms with Crippen molar-refractivity contribution < 1.29 is 13.9 Å². The highest BCUT2D eigenvalue weighted by Crippen LogP contribution is 2.12. The highest BCUT2D eigenvalue weighted by molar-refractivity contribution is 5.81. The van der Waals surface area contributed by atoms with Crippen LogP contribution in [-0.4, -0.2) is 18.7 Å². The topological polar surface area (TPSA) is 63.8 Å². The lowest BCUT2D eigenvalue weighted by molar-refractivity contribution is -0.120. The molecule has 0 radical (unpaired) electrons. The molecule has 1 N–H and O–H groups in total. The number of carbonyl (C=O) groups excluding carboxylic acids is 1. The third-order valence-electron chi connectivity index (χ3n) is 2.52. The molecule has 0 aliphatic heterocycles. The van der Waals surface area contributed by atoms with E-state index in [1.54, 1.807) is 18.4 Å². The maximum atomic E-state index is 11.7. The standard InChI is InChI=1S/C15H16N2O3/c1-2-19-13-7-5-12(6-8-13)10-15(18)17-16-11-14-4-3-9-20-14/h3-9,11H,2,10H2,1H3,(H,17,18)/b16-11-. The van der Waals surface area contributed by atoms with Crippen molar-refractivity contribution in [3.8, 4) is 5.75 Å². The first kappa shape index (κ1) is 13.9. The van der Waals surface area contributed by atoms with Gasteiger partial charge in [-0.1, -0.05) is 12.1 Å². The van der Waals surface area contributed by atoms with Crippen molar-refractivity contribution in [2.75, 3.05) is 6.61 Å². The van der Waals surface area contributed by atoms with Gasteiger partial charge in [0.05, 0.1) is 25.5 Å². The number of hydrogen-bond donors (Lipinski definition) is 1. The predicted octanol–water partition coefficient (Wildman–Crippen LogP) is 2.37. The number of ether oxygens (including phenoxy) is 1. The summed E-state index contributed by atoms with van der Waals surface area (Å²) in [5.41, 5.74) is 3.35. The van der Waals surface area contributed by atoms with Gasteiger partial charge in [0.15, 0.2) is 0 Å². The molecule has 2 aromatic rings. The van der Waals surface area contributed by atoms with E-state index in [0.29, 0.717) is 12.4 Å². The van der Waals surface area contributed by atoms with Gasteiger partial charge in [-0.2, -0.15) is 5.10 Å². The maximum absolute atomic E-state index is 11.7. The van der Waals surface area contributed by atoms with Crippen LogP contribution in [0.4, 0.5) is 0 Å². The van der Waals surface area contributed by atoms with E-state index in [9.17, 15) is 4.79 Å². The van der Waals surface area contributed by atoms with E-state index in [2.05, 4.69) is 10.5 Å². The first-order valence-corrected chi connectivity index (χ1v) is 6.35. The smallest absolute Gasteiger partial charge is 0.244 e. The van der Waals surface area contributed by atoms with Gasteiger partial charge in [0.2, 0.25) is 5.91 Å². The number of benzene rings is 1. The summed E-state index contributed by atoms with van der Waals surface area (Å²) in [5.74, 6) is 1.20. The second kappa shape index (κ2) is 7.13. The molecule has 0 saturated carbocycles. The Labute approximate surface area is 117 Å². The van der Waals surface area contributed by atoms with Gasteiger partial charge in [-0.05, 0) is 36.8 Å². The fraction of sp³-hybridized carbons (Fsp3) is 0.200. The maximum Gasteiger partial charge on any atom is 0.244 e. The van der Waals surface area contributed by atoms with Crippen LogP contribution in [0.3, 0.4) is 0 Å². The molecule has 1 aromatic carbocycles. The average molecular weight is 272 g/mol. The second-order valence-corrected chi connectivity index (χ2v) is 4.06. The lowest BCUT2D eigenvalue weighted by atomic mass is 10.1. The Balaban J connectivity index is 1.82. The summed E-state index contributed by atoms with van der Waals surface area (Å²) >= 11 is 0. The molecule has 0 aliphatic carbocycles. The van der Waals surface area contributed by atoms with E-state index in [-0.39, 0.29) is 12.3 Å². The molecular formula is C15H16N2O3. The molecule has 5 heteroatoms. The van der Waals surface area contributed by atoms with Crippen LogP contribution in [0.15, 0.2) is 52.2 Å². The Morgan fingerprint density at radius 3 is 2.80 bits per heavy atom. The molecule has 0 atom stereocenters. The Bertz CT molecular complexity index is 559. The van der Waals surface area contributed by atoms with Gasteiger partial charge in [0, 0.05) is 0 Å². The van der Waals surface area contributed by atoms with Crippen molar-refractivity contribution in [1.82, 2.24) is 5.43 Å². The van der Waals surface area contributed by atoms with E-state index in [4.69, 9.17) is 9.15 Å². The Morgan fingerprint density at radius 1 is 1.35 bits per heavy atom. The number of hydrogen-bond acceptors (Lipinski definition) is 4. The zero-order valence-corrected chi connectivity index (χ0v) is 11.2. The molecule has 1 amide bonds. The number of nitrogens with one attached hydrogen (secondary N) is 1. The van der Waals surface area contributed by atoms with Crippen LogP contribution in [0.2, 0.25) is 0 Å². The normalized spacial score (nSPS) is 10.7. The molecule has 1 heterocycles. The Morgan fingerprint density at radius 2 is 2.15 bits per heavy atom. The monoisotopic (exact) mass is 272 g/mol. The number of carbonyl (C=O) groups is 1. The van der Waals surface area contributed by atoms with Crippen LogP contribution in [0.25, 0.3) is 0 Å². The van der Waals surface area contributed by atoms with Gasteiger partial charge in [0.1, 0.15) is 11.5 Å². The number of nitrogens with zero attached hydrogens (tertiary/aromatic N) is 1. The van der Waals surface area contributed by atoms with Crippen molar-refractivity contribution in [2.24, 2.45) is 5.10 Å². The van der Waals surface area contributed by atoms with Crippen molar-refractivity contribution >= 4 is 12.1 Å². The van der Waals surface area contributed by atoms with Crippen LogP contribution < -0.4 is 10.2 Å². The quantitative estimate of drug-likeness (QED) is 0.648. The highest BCUT2D eigenvalue weighted by Gasteiger charge is 2.02. The van der Waals surface area contributed by atoms with Gasteiger partial charge in [-0.15, -0.1) is 0 Å². The first-order valence-electron chi connectivity index (χ1n) is 6.35. The summed E-state index contributed by atoms with van der Waals surface area (Å²) in [6.45, 7) is 2.56. The number of furan rings is 1. The van der Waals surface area contributed by atoms with E-state index in [0.717, 1.165) is 11.3 Å². The van der Waals surface area contributed by atoms with E-state index >= 15 is 0 Å². The van der Waals surface area contributed by atoms with Crippen LogP contribution in [-0.2, 0) is 11.2 Å². The minimum Gasteiger partial charge on any atom is -0.494 e. The van der Waals surface area contributed by atoms with E-state index in [1.165, 1.54) is 6.21 Å². The summed E-state index contributed by atoms with van der Waals surface area (Å²) < 4.78 is 10.4. The van der Waals surface area contributed by atoms with Crippen LogP contribution in [0, 0.1) is 0 Å². The Kier molecular flexibility index (Phi) is 4.94. The minimum atomic E-state index is -0.183. The molecule has 0 fully saturated rings. The lowest BCUT2D eigenvalue weighted by Gasteiger charge is -2.04. The van der Waals surface area contributed by atoms with Crippen molar-refractivity contribution in [1.29, 1.82) is 0 Å². The fourth-order valence-electron chi connectivity index (χ4n) is 1.63. The second-order valence-electron chi connectivity index (χ2n) is 4.06. The average Bonchev–Trinajstić information content (AvgIpc) is 2.94. The number of rotatable bonds is 6. The van der Waals surface area contributed by atoms with Crippen LogP contribution in [0.5, 0.6) is 5.75 Å². The SMILES string of the molecule is CCOc1ccc(CC(=O)N/N=C\c2ccco2)cc1. The number of amides is 1. The van der Waals surface area contributed by atoms with Crippen LogP contribution >= 0.6 is 0 Å². The lowest BCUT2D eigenvalue weighted by Crippen LogP contribution is -2.19. The molecule has 104 valence electrons. The molecule has 0 spiro atoms. The Hall–Kier alpha value is -2.56. The van der Waals surface area contributed by atoms with Crippen molar-refractivity contribution in [3.05, 3.63) is 54.0 Å². The molecule has 0 aliphatic rings. The van der Waals surface area contributed by atoms with Gasteiger partial charge in [-0.25, -0.2) is 5.43 Å². The van der Waals surface area contributed by atoms with Gasteiger partial charge >= 0.3 is 0 Å². The first-order chi connectivity index (χ1) is 9.78. The zero-order chi connectivity index (χ0) is 14.2. The van der Waals surface area contributed by atoms with Crippen molar-refractivity contribution in [2.45, 2.75) is 13.3 Å². The third kappa shape index (κ3) is 4.28. The molecule has 0 bridgehead atoms. The largest absolute Gasteiger partial charge is 0.494 e. The summed E-state index contributed by atoms with van der Waals surface area (Å²) in [6, 6.07) is 10.9. The molecular weight excluding hydrogens is 256 g/mol. The molecule has 5 nitrogen and oxygen atoms in total. The number of hydrazone groups is 1. The van der Waals surface area contributed by atoms with Gasteiger partial charge in [-0.3, -0.25) is 4.79 Å². The summed E-state index contributed by atoms with van der Waals surface area (Å²) in [7, 11) is 0. The van der Waals surface area contributed by atoms with E-state index < -0.39 is 0 Å². The molecule has 0 saturated heterocycles. The van der Waals surface area contributed by atoms with Crippen LogP contribution in [0.1, 0.15) is 18.2 Å². The predicted molar refractivity (Wildman–Crippen MR) is 75.8 cm³/mol. The third-order valence-corrected chi connectivity index (χ3v) is 2.52. The summed E-state index contributed by atoms with van der Waals surface area (Å²) in [4.78, 5) is 11.7. The molecule has 1 aromatic heterocycles.